The van der Waals surface area contributed by atoms with Crippen molar-refractivity contribution in [2.45, 2.75) is 39.7 Å². The second-order valence-corrected chi connectivity index (χ2v) is 6.42. The summed E-state index contributed by atoms with van der Waals surface area (Å²) in [6, 6.07) is 6.22. The standard InChI is InChI=1S/C16H21ClN2/c1-10-13(17)7-6-12-11(9-18-5)8-14(16(2,3)4)19-15(10)12/h6-8,18H,9H2,1-5H3. The van der Waals surface area contributed by atoms with Crippen LogP contribution in [0.15, 0.2) is 18.2 Å². The third kappa shape index (κ3) is 2.75. The molecule has 1 heterocycles. The van der Waals surface area contributed by atoms with Crippen molar-refractivity contribution in [1.29, 1.82) is 0 Å². The Balaban J connectivity index is 2.80. The lowest BCUT2D eigenvalue weighted by Crippen LogP contribution is -2.16. The lowest BCUT2D eigenvalue weighted by molar-refractivity contribution is 0.570. The van der Waals surface area contributed by atoms with Gasteiger partial charge < -0.3 is 5.32 Å². The molecule has 2 nitrogen and oxygen atoms in total. The second kappa shape index (κ2) is 5.10. The summed E-state index contributed by atoms with van der Waals surface area (Å²) in [5.74, 6) is 0. The zero-order chi connectivity index (χ0) is 14.2. The molecule has 0 radical (unpaired) electrons. The largest absolute Gasteiger partial charge is 0.316 e. The van der Waals surface area contributed by atoms with E-state index in [1.54, 1.807) is 0 Å². The van der Waals surface area contributed by atoms with E-state index < -0.39 is 0 Å². The van der Waals surface area contributed by atoms with Crippen LogP contribution in [0.1, 0.15) is 37.6 Å². The molecule has 0 spiro atoms. The van der Waals surface area contributed by atoms with Gasteiger partial charge in [0.25, 0.3) is 0 Å². The molecule has 102 valence electrons. The number of aryl methyl sites for hydroxylation is 1. The normalized spacial score (nSPS) is 12.1. The molecule has 2 aromatic rings. The summed E-state index contributed by atoms with van der Waals surface area (Å²) < 4.78 is 0. The van der Waals surface area contributed by atoms with E-state index in [9.17, 15) is 0 Å². The minimum Gasteiger partial charge on any atom is -0.316 e. The van der Waals surface area contributed by atoms with Crippen LogP contribution < -0.4 is 5.32 Å². The quantitative estimate of drug-likeness (QED) is 0.889. The minimum atomic E-state index is 0.0332. The highest BCUT2D eigenvalue weighted by Crippen LogP contribution is 2.30. The Bertz CT molecular complexity index is 612. The van der Waals surface area contributed by atoms with Crippen LogP contribution in [-0.2, 0) is 12.0 Å². The molecular formula is C16H21ClN2. The van der Waals surface area contributed by atoms with Crippen molar-refractivity contribution < 1.29 is 0 Å². The molecule has 0 saturated carbocycles. The fraction of sp³-hybridized carbons (Fsp3) is 0.438. The second-order valence-electron chi connectivity index (χ2n) is 6.02. The SMILES string of the molecule is CNCc1cc(C(C)(C)C)nc2c(C)c(Cl)ccc12. The zero-order valence-corrected chi connectivity index (χ0v) is 13.0. The maximum atomic E-state index is 6.23. The van der Waals surface area contributed by atoms with E-state index in [4.69, 9.17) is 16.6 Å². The summed E-state index contributed by atoms with van der Waals surface area (Å²) in [5, 5.41) is 5.19. The zero-order valence-electron chi connectivity index (χ0n) is 12.3. The lowest BCUT2D eigenvalue weighted by atomic mass is 9.89. The molecule has 1 aromatic carbocycles. The van der Waals surface area contributed by atoms with Gasteiger partial charge in [-0.15, -0.1) is 0 Å². The van der Waals surface area contributed by atoms with E-state index in [-0.39, 0.29) is 5.41 Å². The summed E-state index contributed by atoms with van der Waals surface area (Å²) in [6.45, 7) is 9.43. The summed E-state index contributed by atoms with van der Waals surface area (Å²) >= 11 is 6.23. The van der Waals surface area contributed by atoms with Crippen molar-refractivity contribution in [2.75, 3.05) is 7.05 Å². The molecule has 1 N–H and O–H groups in total. The summed E-state index contributed by atoms with van der Waals surface area (Å²) in [6.07, 6.45) is 0. The van der Waals surface area contributed by atoms with Gasteiger partial charge in [0.1, 0.15) is 0 Å². The van der Waals surface area contributed by atoms with Gasteiger partial charge >= 0.3 is 0 Å². The number of benzene rings is 1. The predicted octanol–water partition coefficient (Wildman–Crippen LogP) is 4.21. The van der Waals surface area contributed by atoms with Crippen LogP contribution in [0.4, 0.5) is 0 Å². The number of rotatable bonds is 2. The first kappa shape index (κ1) is 14.3. The van der Waals surface area contributed by atoms with E-state index in [1.165, 1.54) is 10.9 Å². The first-order chi connectivity index (χ1) is 8.84. The van der Waals surface area contributed by atoms with E-state index in [2.05, 4.69) is 38.2 Å². The Morgan fingerprint density at radius 1 is 1.26 bits per heavy atom. The molecule has 3 heteroatoms. The molecule has 1 aromatic heterocycles. The first-order valence-electron chi connectivity index (χ1n) is 6.58. The Labute approximate surface area is 120 Å². The van der Waals surface area contributed by atoms with Gasteiger partial charge in [0.15, 0.2) is 0 Å². The molecule has 0 aliphatic rings. The minimum absolute atomic E-state index is 0.0332. The Morgan fingerprint density at radius 2 is 1.95 bits per heavy atom. The van der Waals surface area contributed by atoms with Gasteiger partial charge in [-0.3, -0.25) is 4.98 Å². The Hall–Kier alpha value is -1.12. The maximum Gasteiger partial charge on any atom is 0.0752 e. The van der Waals surface area contributed by atoms with Gasteiger partial charge in [0.05, 0.1) is 5.52 Å². The number of aromatic nitrogens is 1. The number of pyridine rings is 1. The summed E-state index contributed by atoms with van der Waals surface area (Å²) in [4.78, 5) is 4.84. The molecule has 0 amide bonds. The van der Waals surface area contributed by atoms with Crippen LogP contribution in [-0.4, -0.2) is 12.0 Å². The number of halogens is 1. The van der Waals surface area contributed by atoms with Gasteiger partial charge in [0.2, 0.25) is 0 Å². The lowest BCUT2D eigenvalue weighted by Gasteiger charge is -2.21. The third-order valence-electron chi connectivity index (χ3n) is 3.39. The van der Waals surface area contributed by atoms with Crippen molar-refractivity contribution in [3.05, 3.63) is 40.0 Å². The average molecular weight is 277 g/mol. The highest BCUT2D eigenvalue weighted by Gasteiger charge is 2.18. The van der Waals surface area contributed by atoms with Crippen LogP contribution in [0.2, 0.25) is 5.02 Å². The summed E-state index contributed by atoms with van der Waals surface area (Å²) in [7, 11) is 1.96. The average Bonchev–Trinajstić information content (AvgIpc) is 2.33. The van der Waals surface area contributed by atoms with Crippen LogP contribution in [0.25, 0.3) is 10.9 Å². The molecule has 19 heavy (non-hydrogen) atoms. The number of nitrogens with one attached hydrogen (secondary N) is 1. The molecule has 0 fully saturated rings. The van der Waals surface area contributed by atoms with Crippen LogP contribution in [0.5, 0.6) is 0 Å². The number of hydrogen-bond acceptors (Lipinski definition) is 2. The smallest absolute Gasteiger partial charge is 0.0752 e. The van der Waals surface area contributed by atoms with E-state index in [0.29, 0.717) is 0 Å². The monoisotopic (exact) mass is 276 g/mol. The highest BCUT2D eigenvalue weighted by molar-refractivity contribution is 6.32. The fourth-order valence-electron chi connectivity index (χ4n) is 2.20. The third-order valence-corrected chi connectivity index (χ3v) is 3.80. The van der Waals surface area contributed by atoms with E-state index >= 15 is 0 Å². The van der Waals surface area contributed by atoms with Crippen molar-refractivity contribution in [2.24, 2.45) is 0 Å². The number of nitrogens with zero attached hydrogens (tertiary/aromatic N) is 1. The molecule has 0 bridgehead atoms. The van der Waals surface area contributed by atoms with Gasteiger partial charge in [-0.05, 0) is 37.2 Å². The van der Waals surface area contributed by atoms with Crippen LogP contribution in [0.3, 0.4) is 0 Å². The fourth-order valence-corrected chi connectivity index (χ4v) is 2.35. The molecule has 0 aliphatic carbocycles. The molecule has 0 saturated heterocycles. The summed E-state index contributed by atoms with van der Waals surface area (Å²) in [5.41, 5.74) is 4.49. The number of hydrogen-bond donors (Lipinski definition) is 1. The van der Waals surface area contributed by atoms with Crippen LogP contribution >= 0.6 is 11.6 Å². The number of fused-ring (bicyclic) bond motifs is 1. The molecular weight excluding hydrogens is 256 g/mol. The van der Waals surface area contributed by atoms with Gasteiger partial charge in [-0.1, -0.05) is 38.4 Å². The Morgan fingerprint density at radius 3 is 2.53 bits per heavy atom. The van der Waals surface area contributed by atoms with Crippen molar-refractivity contribution in [3.63, 3.8) is 0 Å². The molecule has 0 unspecified atom stereocenters. The highest BCUT2D eigenvalue weighted by atomic mass is 35.5. The van der Waals surface area contributed by atoms with Crippen LogP contribution in [0, 0.1) is 6.92 Å². The van der Waals surface area contributed by atoms with Crippen molar-refractivity contribution in [3.8, 4) is 0 Å². The van der Waals surface area contributed by atoms with Gasteiger partial charge in [-0.25, -0.2) is 0 Å². The molecule has 0 aliphatic heterocycles. The topological polar surface area (TPSA) is 24.9 Å². The van der Waals surface area contributed by atoms with Crippen molar-refractivity contribution in [1.82, 2.24) is 10.3 Å². The maximum absolute atomic E-state index is 6.23. The molecule has 0 atom stereocenters. The Kier molecular flexibility index (Phi) is 3.84. The first-order valence-corrected chi connectivity index (χ1v) is 6.96. The molecule has 2 rings (SSSR count). The van der Waals surface area contributed by atoms with E-state index in [1.807, 2.05) is 20.0 Å². The van der Waals surface area contributed by atoms with Gasteiger partial charge in [-0.2, -0.15) is 0 Å². The van der Waals surface area contributed by atoms with Gasteiger partial charge in [0, 0.05) is 28.1 Å². The predicted molar refractivity (Wildman–Crippen MR) is 83.0 cm³/mol. The van der Waals surface area contributed by atoms with Crippen molar-refractivity contribution >= 4 is 22.5 Å². The van der Waals surface area contributed by atoms with E-state index in [0.717, 1.165) is 28.3 Å².